The second kappa shape index (κ2) is 24.1. The number of rotatable bonds is 4. The van der Waals surface area contributed by atoms with Crippen molar-refractivity contribution in [2.75, 3.05) is 0 Å². The maximum absolute atomic E-state index is 13.7. The van der Waals surface area contributed by atoms with Gasteiger partial charge in [0.25, 0.3) is 0 Å². The molecule has 0 fully saturated rings. The summed E-state index contributed by atoms with van der Waals surface area (Å²) in [4.78, 5) is 0. The number of benzene rings is 7. The van der Waals surface area contributed by atoms with Crippen LogP contribution in [0.1, 0.15) is 97.2 Å². The largest absolute Gasteiger partial charge is 0.411 e. The Morgan fingerprint density at radius 2 is 0.452 bits per heavy atom. The molecular formula is C56H64F6. The summed E-state index contributed by atoms with van der Waals surface area (Å²) in [6.45, 7) is 24.2. The van der Waals surface area contributed by atoms with Gasteiger partial charge in [-0.15, -0.1) is 0 Å². The highest BCUT2D eigenvalue weighted by Crippen LogP contribution is 2.56. The minimum Gasteiger partial charge on any atom is -0.169 e. The molecule has 7 rings (SSSR count). The zero-order valence-electron chi connectivity index (χ0n) is 38.4. The maximum Gasteiger partial charge on any atom is 0.411 e. The molecule has 7 aromatic carbocycles. The Morgan fingerprint density at radius 1 is 0.274 bits per heavy atom. The van der Waals surface area contributed by atoms with Crippen molar-refractivity contribution in [3.05, 3.63) is 225 Å². The van der Waals surface area contributed by atoms with E-state index in [1.165, 1.54) is 68.4 Å². The Kier molecular flexibility index (Phi) is 20.4. The molecule has 62 heavy (non-hydrogen) atoms. The predicted octanol–water partition coefficient (Wildman–Crippen LogP) is 17.5. The van der Waals surface area contributed by atoms with Crippen LogP contribution in [0.2, 0.25) is 0 Å². The predicted molar refractivity (Wildman–Crippen MR) is 252 cm³/mol. The van der Waals surface area contributed by atoms with Crippen LogP contribution in [0, 0.1) is 41.5 Å². The second-order valence-electron chi connectivity index (χ2n) is 15.3. The van der Waals surface area contributed by atoms with Crippen molar-refractivity contribution < 1.29 is 26.3 Å². The van der Waals surface area contributed by atoms with E-state index in [1.54, 1.807) is 13.8 Å². The fourth-order valence-electron chi connectivity index (χ4n) is 6.47. The first-order valence-corrected chi connectivity index (χ1v) is 21.1. The molecule has 0 aliphatic heterocycles. The summed E-state index contributed by atoms with van der Waals surface area (Å²) >= 11 is 0. The van der Waals surface area contributed by atoms with E-state index < -0.39 is 28.9 Å². The van der Waals surface area contributed by atoms with E-state index in [0.717, 1.165) is 24.3 Å². The van der Waals surface area contributed by atoms with Crippen LogP contribution >= 0.6 is 0 Å². The Hall–Kier alpha value is -5.62. The molecule has 6 heteroatoms. The van der Waals surface area contributed by atoms with E-state index in [-0.39, 0.29) is 5.41 Å². The van der Waals surface area contributed by atoms with Crippen LogP contribution in [-0.4, -0.2) is 12.4 Å². The van der Waals surface area contributed by atoms with E-state index in [0.29, 0.717) is 11.1 Å². The average Bonchev–Trinajstić information content (AvgIpc) is 3.25. The standard InChI is InChI=1S/C17H14F6.C17H20.C10H8.C8H10.2C2H6/c1-11-3-7-13(8-4-11)15(16(18,19)20,17(21,22)23)14-9-5-12(2)6-10-14;1-13-5-9-15(10-6-13)17(3,4)16-11-7-14(2)8-12-16;1-2-6-10-8-4-3-7-9(10)5-1;1-7-3-5-8(2)6-4-7;2*1-2/h3-10H,1-2H3;5-12H,1-4H3;1-8H;3-6H,1-2H3;2*1-2H3. The summed E-state index contributed by atoms with van der Waals surface area (Å²) in [6, 6.07) is 51.4. The Bertz CT molecular complexity index is 2100. The van der Waals surface area contributed by atoms with E-state index in [9.17, 15) is 26.3 Å². The molecule has 330 valence electrons. The summed E-state index contributed by atoms with van der Waals surface area (Å²) in [5, 5.41) is 2.62. The second-order valence-corrected chi connectivity index (χ2v) is 15.3. The first-order valence-electron chi connectivity index (χ1n) is 21.1. The molecule has 0 N–H and O–H groups in total. The van der Waals surface area contributed by atoms with Crippen molar-refractivity contribution in [2.45, 2.75) is 106 Å². The van der Waals surface area contributed by atoms with Gasteiger partial charge in [0.2, 0.25) is 5.41 Å². The van der Waals surface area contributed by atoms with Crippen LogP contribution in [0.5, 0.6) is 0 Å². The molecule has 0 nitrogen and oxygen atoms in total. The average molecular weight is 851 g/mol. The molecule has 0 amide bonds. The molecule has 0 saturated carbocycles. The van der Waals surface area contributed by atoms with E-state index in [1.807, 2.05) is 27.7 Å². The number of fused-ring (bicyclic) bond motifs is 1. The fourth-order valence-corrected chi connectivity index (χ4v) is 6.47. The van der Waals surface area contributed by atoms with Gasteiger partial charge < -0.3 is 0 Å². The van der Waals surface area contributed by atoms with Gasteiger partial charge in [0.05, 0.1) is 0 Å². The van der Waals surface area contributed by atoms with Crippen LogP contribution in [0.25, 0.3) is 10.8 Å². The van der Waals surface area contributed by atoms with Crippen LogP contribution < -0.4 is 0 Å². The highest BCUT2D eigenvalue weighted by atomic mass is 19.4. The van der Waals surface area contributed by atoms with Crippen molar-refractivity contribution in [2.24, 2.45) is 0 Å². The van der Waals surface area contributed by atoms with Gasteiger partial charge in [0.1, 0.15) is 0 Å². The van der Waals surface area contributed by atoms with Crippen molar-refractivity contribution in [1.29, 1.82) is 0 Å². The SMILES string of the molecule is CC.CC.Cc1ccc(C(C)(C)c2ccc(C)cc2)cc1.Cc1ccc(C(c2ccc(C)cc2)(C(F)(F)F)C(F)(F)F)cc1.Cc1ccc(C)cc1.c1ccc2ccccc2c1. The molecule has 0 radical (unpaired) electrons. The molecule has 7 aromatic rings. The summed E-state index contributed by atoms with van der Waals surface area (Å²) in [6.07, 6.45) is -11.1. The molecule has 0 aromatic heterocycles. The van der Waals surface area contributed by atoms with Crippen molar-refractivity contribution in [1.82, 2.24) is 0 Å². The highest BCUT2D eigenvalue weighted by molar-refractivity contribution is 5.82. The lowest BCUT2D eigenvalue weighted by molar-refractivity contribution is -0.288. The quantitative estimate of drug-likeness (QED) is 0.155. The monoisotopic (exact) mass is 850 g/mol. The third-order valence-corrected chi connectivity index (χ3v) is 10.2. The minimum atomic E-state index is -5.53. The first-order chi connectivity index (χ1) is 29.3. The highest BCUT2D eigenvalue weighted by Gasteiger charge is 2.72. The van der Waals surface area contributed by atoms with E-state index in [4.69, 9.17) is 0 Å². The number of hydrogen-bond donors (Lipinski definition) is 0. The maximum atomic E-state index is 13.7. The van der Waals surface area contributed by atoms with Gasteiger partial charge >= 0.3 is 12.4 Å². The number of alkyl halides is 6. The first kappa shape index (κ1) is 52.5. The minimum absolute atomic E-state index is 0.0708. The van der Waals surface area contributed by atoms with Gasteiger partial charge in [-0.2, -0.15) is 26.3 Å². The van der Waals surface area contributed by atoms with E-state index in [2.05, 4.69) is 163 Å². The smallest absolute Gasteiger partial charge is 0.169 e. The Balaban J connectivity index is 0.000000296. The van der Waals surface area contributed by atoms with Gasteiger partial charge in [-0.1, -0.05) is 245 Å². The zero-order chi connectivity index (χ0) is 46.7. The topological polar surface area (TPSA) is 0 Å². The van der Waals surface area contributed by atoms with Gasteiger partial charge in [-0.05, 0) is 74.6 Å². The van der Waals surface area contributed by atoms with Crippen LogP contribution in [0.3, 0.4) is 0 Å². The molecule has 0 aliphatic rings. The normalized spacial score (nSPS) is 11.1. The molecule has 0 heterocycles. The van der Waals surface area contributed by atoms with Crippen LogP contribution in [0.4, 0.5) is 26.3 Å². The Morgan fingerprint density at radius 3 is 0.645 bits per heavy atom. The van der Waals surface area contributed by atoms with Gasteiger partial charge in [0.15, 0.2) is 0 Å². The summed E-state index contributed by atoms with van der Waals surface area (Å²) in [5.74, 6) is 0. The molecule has 0 atom stereocenters. The number of aryl methyl sites for hydroxylation is 6. The third-order valence-electron chi connectivity index (χ3n) is 10.2. The van der Waals surface area contributed by atoms with Gasteiger partial charge in [-0.25, -0.2) is 0 Å². The zero-order valence-corrected chi connectivity index (χ0v) is 38.4. The van der Waals surface area contributed by atoms with Crippen molar-refractivity contribution >= 4 is 10.8 Å². The van der Waals surface area contributed by atoms with Gasteiger partial charge in [-0.3, -0.25) is 0 Å². The molecule has 0 bridgehead atoms. The van der Waals surface area contributed by atoms with Crippen LogP contribution in [0.15, 0.2) is 170 Å². The Labute approximate surface area is 367 Å². The summed E-state index contributed by atoms with van der Waals surface area (Å²) < 4.78 is 82.3. The lowest BCUT2D eigenvalue weighted by Gasteiger charge is -2.38. The van der Waals surface area contributed by atoms with Crippen molar-refractivity contribution in [3.8, 4) is 0 Å². The molecular weight excluding hydrogens is 787 g/mol. The molecule has 0 saturated heterocycles. The number of hydrogen-bond acceptors (Lipinski definition) is 0. The van der Waals surface area contributed by atoms with Crippen molar-refractivity contribution in [3.63, 3.8) is 0 Å². The van der Waals surface area contributed by atoms with Gasteiger partial charge in [0, 0.05) is 5.41 Å². The summed E-state index contributed by atoms with van der Waals surface area (Å²) in [5.41, 5.74) is 3.51. The summed E-state index contributed by atoms with van der Waals surface area (Å²) in [7, 11) is 0. The van der Waals surface area contributed by atoms with E-state index >= 15 is 0 Å². The molecule has 0 aliphatic carbocycles. The lowest BCUT2D eigenvalue weighted by atomic mass is 9.72. The fraction of sp³-hybridized carbons (Fsp3) is 0.286. The third kappa shape index (κ3) is 14.2. The van der Waals surface area contributed by atoms with Crippen LogP contribution in [-0.2, 0) is 10.8 Å². The lowest BCUT2D eigenvalue weighted by Crippen LogP contribution is -2.54. The molecule has 0 spiro atoms. The molecule has 0 unspecified atom stereocenters. The number of halogens is 6.